The number of carbonyl (C=O) groups excluding carboxylic acids is 2. The van der Waals surface area contributed by atoms with Gasteiger partial charge in [0.2, 0.25) is 0 Å². The Labute approximate surface area is 145 Å². The zero-order valence-electron chi connectivity index (χ0n) is 8.98. The molecule has 0 unspecified atom stereocenters. The Morgan fingerprint density at radius 2 is 1.59 bits per heavy atom. The molecule has 0 fully saturated rings. The summed E-state index contributed by atoms with van der Waals surface area (Å²) in [6.07, 6.45) is 0. The van der Waals surface area contributed by atoms with E-state index in [0.29, 0.717) is 6.07 Å². The number of benzene rings is 1. The van der Waals surface area contributed by atoms with Gasteiger partial charge in [-0.1, -0.05) is 11.6 Å². The van der Waals surface area contributed by atoms with Gasteiger partial charge in [-0.25, -0.2) is 0 Å². The molecule has 0 atom stereocenters. The molecule has 1 aromatic rings. The van der Waals surface area contributed by atoms with E-state index in [1.54, 1.807) is 0 Å². The fourth-order valence-corrected chi connectivity index (χ4v) is 1.27. The maximum atomic E-state index is 10.5. The predicted molar refractivity (Wildman–Crippen MR) is 43.4 cm³/mol. The average Bonchev–Trinajstić information content (AvgIpc) is 2.10. The fourth-order valence-electron chi connectivity index (χ4n) is 0.970. The molecule has 0 heterocycles. The molecular weight excluding hydrogens is 274 g/mol. The summed E-state index contributed by atoms with van der Waals surface area (Å²) in [6, 6.07) is 0.583. The molecule has 0 spiro atoms. The van der Waals surface area contributed by atoms with Crippen LogP contribution < -0.4 is 69.3 Å². The Balaban J connectivity index is 0. The van der Waals surface area contributed by atoms with Crippen molar-refractivity contribution in [1.82, 2.24) is 0 Å². The third-order valence-electron chi connectivity index (χ3n) is 1.64. The molecule has 0 radical (unpaired) electrons. The summed E-state index contributed by atoms with van der Waals surface area (Å²) in [7, 11) is 0. The maximum absolute atomic E-state index is 10.5. The van der Waals surface area contributed by atoms with Crippen molar-refractivity contribution in [2.75, 3.05) is 0 Å². The topological polar surface area (TPSA) is 121 Å². The van der Waals surface area contributed by atoms with Crippen LogP contribution in [0.1, 0.15) is 20.7 Å². The first-order valence-electron chi connectivity index (χ1n) is 3.53. The largest absolute Gasteiger partial charge is 1.00 e. The average molecular weight is 277 g/mol. The molecule has 0 aromatic heterocycles. The molecule has 0 aliphatic carbocycles. The number of aromatic carboxylic acids is 2. The van der Waals surface area contributed by atoms with Crippen molar-refractivity contribution in [2.24, 2.45) is 0 Å². The first kappa shape index (κ1) is 19.4. The van der Waals surface area contributed by atoms with Gasteiger partial charge in [-0.05, 0) is 6.07 Å². The molecule has 1 rings (SSSR count). The van der Waals surface area contributed by atoms with E-state index >= 15 is 0 Å². The third-order valence-corrected chi connectivity index (χ3v) is 2.03. The van der Waals surface area contributed by atoms with Gasteiger partial charge < -0.3 is 30.0 Å². The van der Waals surface area contributed by atoms with Gasteiger partial charge >= 0.3 is 59.1 Å². The summed E-state index contributed by atoms with van der Waals surface area (Å²) in [6.45, 7) is 0. The summed E-state index contributed by atoms with van der Waals surface area (Å²) in [5.74, 6) is -5.67. The van der Waals surface area contributed by atoms with Crippen molar-refractivity contribution < 1.29 is 89.1 Å². The van der Waals surface area contributed by atoms with Crippen molar-refractivity contribution in [3.05, 3.63) is 22.2 Å². The summed E-state index contributed by atoms with van der Waals surface area (Å²) < 4.78 is 0. The van der Waals surface area contributed by atoms with Crippen LogP contribution in [0.25, 0.3) is 0 Å². The molecule has 0 saturated carbocycles. The minimum atomic E-state index is -1.91. The SMILES string of the molecule is O=C([O-])c1cc(O)c(O)c(C(=O)[O-])c1Cl.[Na+].[Na+]. The first-order chi connectivity index (χ1) is 6.86. The van der Waals surface area contributed by atoms with Crippen molar-refractivity contribution in [2.45, 2.75) is 0 Å². The molecule has 80 valence electrons. The summed E-state index contributed by atoms with van der Waals surface area (Å²) >= 11 is 5.36. The molecule has 1 aromatic carbocycles. The van der Waals surface area contributed by atoms with E-state index in [2.05, 4.69) is 0 Å². The van der Waals surface area contributed by atoms with E-state index in [1.807, 2.05) is 0 Å². The van der Waals surface area contributed by atoms with E-state index < -0.39 is 39.6 Å². The van der Waals surface area contributed by atoms with E-state index in [4.69, 9.17) is 21.8 Å². The first-order valence-corrected chi connectivity index (χ1v) is 3.91. The standard InChI is InChI=1S/C8H5ClO6.2Na/c9-5-2(7(12)13)1-3(10)6(11)4(5)8(14)15;;/h1,10-11H,(H,12,13)(H,14,15);;/q;2*+1/p-2. The smallest absolute Gasteiger partial charge is 0.545 e. The summed E-state index contributed by atoms with van der Waals surface area (Å²) in [5, 5.41) is 38.3. The Bertz CT molecular complexity index is 462. The summed E-state index contributed by atoms with van der Waals surface area (Å²) in [4.78, 5) is 20.9. The van der Waals surface area contributed by atoms with E-state index in [-0.39, 0.29) is 59.1 Å². The van der Waals surface area contributed by atoms with Crippen molar-refractivity contribution in [3.8, 4) is 11.5 Å². The van der Waals surface area contributed by atoms with Gasteiger partial charge in [0.1, 0.15) is 0 Å². The second kappa shape index (κ2) is 7.48. The predicted octanol–water partition coefficient (Wildman–Crippen LogP) is -7.51. The second-order valence-electron chi connectivity index (χ2n) is 2.56. The number of carboxylic acid groups (broad SMARTS) is 2. The van der Waals surface area contributed by atoms with Crippen LogP contribution in [0.15, 0.2) is 6.07 Å². The molecule has 9 heteroatoms. The number of hydrogen-bond acceptors (Lipinski definition) is 6. The molecule has 6 nitrogen and oxygen atoms in total. The van der Waals surface area contributed by atoms with Gasteiger partial charge in [0, 0.05) is 5.56 Å². The third kappa shape index (κ3) is 4.03. The summed E-state index contributed by atoms with van der Waals surface area (Å²) in [5.41, 5.74) is -1.73. The molecule has 2 N–H and O–H groups in total. The van der Waals surface area contributed by atoms with Crippen LogP contribution in [0.2, 0.25) is 5.02 Å². The van der Waals surface area contributed by atoms with Gasteiger partial charge in [-0.3, -0.25) is 0 Å². The Morgan fingerprint density at radius 1 is 1.12 bits per heavy atom. The molecule has 0 aliphatic heterocycles. The number of phenolic OH excluding ortho intramolecular Hbond substituents is 1. The number of aromatic hydroxyl groups is 2. The molecule has 0 bridgehead atoms. The number of carbonyl (C=O) groups is 2. The molecule has 17 heavy (non-hydrogen) atoms. The second-order valence-corrected chi connectivity index (χ2v) is 2.93. The number of hydrogen-bond donors (Lipinski definition) is 2. The normalized spacial score (nSPS) is 8.76. The van der Waals surface area contributed by atoms with Crippen LogP contribution in [0.3, 0.4) is 0 Å². The maximum Gasteiger partial charge on any atom is 1.00 e. The number of phenols is 2. The van der Waals surface area contributed by atoms with Gasteiger partial charge in [0.25, 0.3) is 0 Å². The van der Waals surface area contributed by atoms with Crippen LogP contribution in [0, 0.1) is 0 Å². The van der Waals surface area contributed by atoms with E-state index in [1.165, 1.54) is 0 Å². The number of halogens is 1. The van der Waals surface area contributed by atoms with Crippen LogP contribution in [0.4, 0.5) is 0 Å². The van der Waals surface area contributed by atoms with Crippen molar-refractivity contribution >= 4 is 23.5 Å². The van der Waals surface area contributed by atoms with E-state index in [9.17, 15) is 19.8 Å². The fraction of sp³-hybridized carbons (Fsp3) is 0. The van der Waals surface area contributed by atoms with Crippen LogP contribution >= 0.6 is 11.6 Å². The van der Waals surface area contributed by atoms with Crippen LogP contribution in [0.5, 0.6) is 11.5 Å². The monoisotopic (exact) mass is 276 g/mol. The Hall–Kier alpha value is 0.0500. The zero-order chi connectivity index (χ0) is 11.7. The Kier molecular flexibility index (Phi) is 8.53. The van der Waals surface area contributed by atoms with Gasteiger partial charge in [-0.15, -0.1) is 0 Å². The minimum Gasteiger partial charge on any atom is -0.545 e. The van der Waals surface area contributed by atoms with Crippen molar-refractivity contribution in [1.29, 1.82) is 0 Å². The molecule has 0 amide bonds. The molecular formula is C8H3ClNa2O6. The number of rotatable bonds is 2. The molecule has 0 saturated heterocycles. The zero-order valence-corrected chi connectivity index (χ0v) is 13.7. The van der Waals surface area contributed by atoms with E-state index in [0.717, 1.165) is 0 Å². The number of carboxylic acids is 2. The van der Waals surface area contributed by atoms with Gasteiger partial charge in [-0.2, -0.15) is 0 Å². The van der Waals surface area contributed by atoms with Crippen molar-refractivity contribution in [3.63, 3.8) is 0 Å². The minimum absolute atomic E-state index is 0. The van der Waals surface area contributed by atoms with Gasteiger partial charge in [0.15, 0.2) is 11.5 Å². The van der Waals surface area contributed by atoms with Gasteiger partial charge in [0.05, 0.1) is 22.5 Å². The Morgan fingerprint density at radius 3 is 1.94 bits per heavy atom. The quantitative estimate of drug-likeness (QED) is 0.409. The molecule has 0 aliphatic rings. The van der Waals surface area contributed by atoms with Crippen LogP contribution in [-0.4, -0.2) is 22.2 Å². The van der Waals surface area contributed by atoms with Crippen LogP contribution in [-0.2, 0) is 0 Å².